The van der Waals surface area contributed by atoms with E-state index < -0.39 is 5.63 Å². The van der Waals surface area contributed by atoms with Gasteiger partial charge in [-0.2, -0.15) is 4.98 Å². The number of nitrogens with zero attached hydrogens (tertiary/aromatic N) is 2. The minimum Gasteiger partial charge on any atom is -0.465 e. The van der Waals surface area contributed by atoms with E-state index >= 15 is 0 Å². The zero-order valence-electron chi connectivity index (χ0n) is 16.7. The van der Waals surface area contributed by atoms with Crippen molar-refractivity contribution in [1.29, 1.82) is 0 Å². The topological polar surface area (TPSA) is 69.4 Å². The van der Waals surface area contributed by atoms with Crippen LogP contribution in [0, 0.1) is 18.8 Å². The maximum Gasteiger partial charge on any atom is 0.365 e. The third-order valence-electron chi connectivity index (χ3n) is 6.61. The van der Waals surface area contributed by atoms with Crippen LogP contribution in [0.4, 0.5) is 5.82 Å². The predicted molar refractivity (Wildman–Crippen MR) is 110 cm³/mol. The summed E-state index contributed by atoms with van der Waals surface area (Å²) < 4.78 is 11.0. The number of hydrogen-bond donors (Lipinski definition) is 0. The van der Waals surface area contributed by atoms with Gasteiger partial charge in [-0.05, 0) is 30.5 Å². The lowest BCUT2D eigenvalue weighted by molar-refractivity contribution is -0.146. The van der Waals surface area contributed by atoms with Crippen molar-refractivity contribution in [3.05, 3.63) is 58.4 Å². The number of esters is 1. The van der Waals surface area contributed by atoms with Crippen molar-refractivity contribution in [3.63, 3.8) is 0 Å². The molecule has 1 aliphatic heterocycles. The summed E-state index contributed by atoms with van der Waals surface area (Å²) in [7, 11) is 3.45. The van der Waals surface area contributed by atoms with E-state index in [0.717, 1.165) is 40.9 Å². The Kier molecular flexibility index (Phi) is 3.90. The molecule has 2 aromatic heterocycles. The molecule has 0 amide bonds. The smallest absolute Gasteiger partial charge is 0.365 e. The first-order chi connectivity index (χ1) is 13.9. The summed E-state index contributed by atoms with van der Waals surface area (Å²) in [6.07, 6.45) is 1.06. The Labute approximate surface area is 168 Å². The minimum absolute atomic E-state index is 0.200. The van der Waals surface area contributed by atoms with Crippen LogP contribution in [0.1, 0.15) is 12.0 Å². The van der Waals surface area contributed by atoms with Gasteiger partial charge in [0.15, 0.2) is 6.04 Å². The Bertz CT molecular complexity index is 1200. The minimum atomic E-state index is -0.433. The molecule has 0 spiro atoms. The van der Waals surface area contributed by atoms with Gasteiger partial charge in [-0.3, -0.25) is 4.48 Å². The molecular formula is C23H23N2O4+. The monoisotopic (exact) mass is 391 g/mol. The maximum absolute atomic E-state index is 12.5. The number of likely N-dealkylation sites (N-methyl/N-ethyl adjacent to an activating group) is 1. The van der Waals surface area contributed by atoms with Crippen LogP contribution in [0.2, 0.25) is 0 Å². The maximum atomic E-state index is 12.5. The molecule has 3 heterocycles. The first-order valence-electron chi connectivity index (χ1n) is 9.87. The van der Waals surface area contributed by atoms with Crippen LogP contribution in [-0.4, -0.2) is 37.7 Å². The number of fused-ring (bicyclic) bond motifs is 2. The number of carbonyl (C=O) groups is 1. The summed E-state index contributed by atoms with van der Waals surface area (Å²) in [5.74, 6) is 1.39. The van der Waals surface area contributed by atoms with E-state index in [1.54, 1.807) is 0 Å². The molecule has 1 saturated carbocycles. The van der Waals surface area contributed by atoms with E-state index in [9.17, 15) is 9.59 Å². The lowest BCUT2D eigenvalue weighted by atomic mass is 9.99. The van der Waals surface area contributed by atoms with Crippen LogP contribution in [0.3, 0.4) is 0 Å². The molecule has 4 atom stereocenters. The van der Waals surface area contributed by atoms with Crippen molar-refractivity contribution in [1.82, 2.24) is 9.47 Å². The fourth-order valence-electron chi connectivity index (χ4n) is 5.07. The number of methoxy groups -OCH3 is 1. The van der Waals surface area contributed by atoms with E-state index in [1.165, 1.54) is 13.2 Å². The molecule has 2 aliphatic rings. The van der Waals surface area contributed by atoms with Crippen molar-refractivity contribution >= 4 is 22.9 Å². The van der Waals surface area contributed by atoms with E-state index in [2.05, 4.69) is 0 Å². The number of ether oxygens (including phenoxy) is 1. The van der Waals surface area contributed by atoms with Crippen LogP contribution in [0.15, 0.2) is 51.7 Å². The van der Waals surface area contributed by atoms with E-state index in [4.69, 9.17) is 14.1 Å². The SMILES string of the molecule is COC(=O)C1C2CC2C[N+]1(C)c1ccc2c(-c3ccccc3C)cc(=O)oc2n1. The third-order valence-corrected chi connectivity index (χ3v) is 6.61. The number of piperidine rings is 1. The molecule has 0 bridgehead atoms. The predicted octanol–water partition coefficient (Wildman–Crippen LogP) is 3.29. The molecule has 0 N–H and O–H groups in total. The Hall–Kier alpha value is -2.99. The van der Waals surface area contributed by atoms with Gasteiger partial charge in [-0.15, -0.1) is 0 Å². The second kappa shape index (κ2) is 6.26. The highest BCUT2D eigenvalue weighted by Gasteiger charge is 2.65. The fourth-order valence-corrected chi connectivity index (χ4v) is 5.07. The lowest BCUT2D eigenvalue weighted by Crippen LogP contribution is -2.56. The van der Waals surface area contributed by atoms with Gasteiger partial charge >= 0.3 is 11.6 Å². The Morgan fingerprint density at radius 2 is 2.00 bits per heavy atom. The fraction of sp³-hybridized carbons (Fsp3) is 0.348. The number of hydrogen-bond acceptors (Lipinski definition) is 5. The summed E-state index contributed by atoms with van der Waals surface area (Å²) in [5.41, 5.74) is 2.74. The standard InChI is InChI=1S/C23H23N2O4/c1-13-6-4-5-7-15(13)18-11-20(26)29-22-16(18)8-9-19(24-22)25(2)12-14-10-17(14)21(25)23(27)28-3/h4-9,11,14,17,21H,10,12H2,1-3H3/q+1. The van der Waals surface area contributed by atoms with E-state index in [1.807, 2.05) is 50.4 Å². The van der Waals surface area contributed by atoms with Gasteiger partial charge in [0.05, 0.1) is 20.7 Å². The zero-order chi connectivity index (χ0) is 20.3. The van der Waals surface area contributed by atoms with Gasteiger partial charge in [0.1, 0.15) is 0 Å². The van der Waals surface area contributed by atoms with Gasteiger partial charge in [0, 0.05) is 34.9 Å². The average Bonchev–Trinajstić information content (AvgIpc) is 3.38. The average molecular weight is 391 g/mol. The zero-order valence-corrected chi connectivity index (χ0v) is 16.7. The van der Waals surface area contributed by atoms with Gasteiger partial charge < -0.3 is 9.15 Å². The molecule has 5 rings (SSSR count). The number of quaternary nitrogens is 1. The van der Waals surface area contributed by atoms with Crippen LogP contribution in [0.25, 0.3) is 22.2 Å². The summed E-state index contributed by atoms with van der Waals surface area (Å²) >= 11 is 0. The second-order valence-corrected chi connectivity index (χ2v) is 8.39. The summed E-state index contributed by atoms with van der Waals surface area (Å²) in [5, 5.41) is 0.785. The molecule has 1 saturated heterocycles. The van der Waals surface area contributed by atoms with Gasteiger partial charge in [0.25, 0.3) is 0 Å². The number of pyridine rings is 1. The first-order valence-corrected chi connectivity index (χ1v) is 9.87. The number of likely N-dealkylation sites (tertiary alicyclic amines) is 1. The Balaban J connectivity index is 1.66. The summed E-state index contributed by atoms with van der Waals surface area (Å²) in [4.78, 5) is 29.5. The molecule has 1 aromatic carbocycles. The normalized spacial score (nSPS) is 27.6. The Morgan fingerprint density at radius 1 is 1.21 bits per heavy atom. The molecule has 6 heteroatoms. The summed E-state index contributed by atoms with van der Waals surface area (Å²) in [6, 6.07) is 13.1. The lowest BCUT2D eigenvalue weighted by Gasteiger charge is -2.34. The van der Waals surface area contributed by atoms with Crippen LogP contribution >= 0.6 is 0 Å². The third kappa shape index (κ3) is 2.70. The van der Waals surface area contributed by atoms with E-state index in [0.29, 0.717) is 22.0 Å². The van der Waals surface area contributed by atoms with Crippen molar-refractivity contribution in [2.75, 3.05) is 20.7 Å². The van der Waals surface area contributed by atoms with Gasteiger partial charge in [-0.25, -0.2) is 9.59 Å². The number of aromatic nitrogens is 1. The molecule has 6 nitrogen and oxygen atoms in total. The number of benzene rings is 1. The number of carbonyl (C=O) groups excluding carboxylic acids is 1. The highest BCUT2D eigenvalue weighted by atomic mass is 16.5. The molecule has 4 unspecified atom stereocenters. The van der Waals surface area contributed by atoms with E-state index in [-0.39, 0.29) is 12.0 Å². The van der Waals surface area contributed by atoms with Crippen molar-refractivity contribution in [2.45, 2.75) is 19.4 Å². The van der Waals surface area contributed by atoms with Crippen molar-refractivity contribution in [3.8, 4) is 11.1 Å². The Morgan fingerprint density at radius 3 is 2.76 bits per heavy atom. The molecular weight excluding hydrogens is 368 g/mol. The highest BCUT2D eigenvalue weighted by Crippen LogP contribution is 2.54. The molecule has 0 radical (unpaired) electrons. The first kappa shape index (κ1) is 18.1. The van der Waals surface area contributed by atoms with Crippen molar-refractivity contribution in [2.24, 2.45) is 11.8 Å². The molecule has 2 fully saturated rings. The number of rotatable bonds is 3. The molecule has 29 heavy (non-hydrogen) atoms. The largest absolute Gasteiger partial charge is 0.465 e. The van der Waals surface area contributed by atoms with Crippen molar-refractivity contribution < 1.29 is 13.9 Å². The van der Waals surface area contributed by atoms with Gasteiger partial charge in [-0.1, -0.05) is 24.3 Å². The summed E-state index contributed by atoms with van der Waals surface area (Å²) in [6.45, 7) is 2.85. The van der Waals surface area contributed by atoms with Crippen LogP contribution in [-0.2, 0) is 9.53 Å². The highest BCUT2D eigenvalue weighted by molar-refractivity contribution is 5.93. The molecule has 1 aliphatic carbocycles. The quantitative estimate of drug-likeness (QED) is 0.506. The van der Waals surface area contributed by atoms with Gasteiger partial charge in [0.2, 0.25) is 11.5 Å². The van der Waals surface area contributed by atoms with Crippen LogP contribution in [0.5, 0.6) is 0 Å². The molecule has 148 valence electrons. The number of aryl methyl sites for hydroxylation is 1. The second-order valence-electron chi connectivity index (χ2n) is 8.39. The molecule has 3 aromatic rings. The van der Waals surface area contributed by atoms with Crippen LogP contribution < -0.4 is 10.1 Å².